The smallest absolute Gasteiger partial charge is 0.455 e. The van der Waals surface area contributed by atoms with E-state index in [9.17, 15) is 46.0 Å². The van der Waals surface area contributed by atoms with Crippen LogP contribution in [0.2, 0.25) is 0 Å². The molecule has 0 spiro atoms. The van der Waals surface area contributed by atoms with Gasteiger partial charge in [0.05, 0.1) is 28.4 Å². The highest BCUT2D eigenvalue weighted by molar-refractivity contribution is 8.03. The molecule has 2 aromatic rings. The Kier molecular flexibility index (Phi) is 8.00. The molecule has 2 aromatic carbocycles. The van der Waals surface area contributed by atoms with Crippen LogP contribution in [0.25, 0.3) is 6.08 Å². The van der Waals surface area contributed by atoms with Gasteiger partial charge in [0.25, 0.3) is 5.78 Å². The van der Waals surface area contributed by atoms with E-state index in [4.69, 9.17) is 9.47 Å². The van der Waals surface area contributed by atoms with Crippen molar-refractivity contribution in [1.29, 1.82) is 0 Å². The Balaban J connectivity index is 2.00. The second kappa shape index (κ2) is 10.7. The average molecular weight is 547 g/mol. The zero-order valence-corrected chi connectivity index (χ0v) is 19.4. The van der Waals surface area contributed by atoms with Crippen molar-refractivity contribution in [3.63, 3.8) is 0 Å². The molecule has 196 valence electrons. The quantitative estimate of drug-likeness (QED) is 0.0928. The fourth-order valence-corrected chi connectivity index (χ4v) is 4.08. The summed E-state index contributed by atoms with van der Waals surface area (Å²) < 4.78 is 88.8. The van der Waals surface area contributed by atoms with Crippen LogP contribution >= 0.6 is 11.8 Å². The number of nitro benzene ring substituents is 1. The lowest BCUT2D eigenvalue weighted by Gasteiger charge is -2.14. The topological polar surface area (TPSA) is 95.7 Å². The van der Waals surface area contributed by atoms with Crippen LogP contribution in [-0.4, -0.2) is 35.0 Å². The van der Waals surface area contributed by atoms with E-state index < -0.39 is 56.7 Å². The van der Waals surface area contributed by atoms with Crippen LogP contribution in [0.15, 0.2) is 53.5 Å². The van der Waals surface area contributed by atoms with Gasteiger partial charge in [0.2, 0.25) is 5.75 Å². The number of hydrogen-bond acceptors (Lipinski definition) is 7. The van der Waals surface area contributed by atoms with Gasteiger partial charge in [0.1, 0.15) is 0 Å². The molecule has 37 heavy (non-hydrogen) atoms. The maximum absolute atomic E-state index is 13.2. The molecule has 1 aliphatic heterocycles. The number of ether oxygens (including phenoxy) is 2. The van der Waals surface area contributed by atoms with E-state index in [1.807, 2.05) is 0 Å². The van der Waals surface area contributed by atoms with Crippen molar-refractivity contribution in [2.45, 2.75) is 24.0 Å². The molecule has 0 aliphatic carbocycles. The molecular formula is C23H15F6NO6S. The minimum absolute atomic E-state index is 0.0666. The van der Waals surface area contributed by atoms with Gasteiger partial charge in [-0.15, -0.1) is 11.8 Å². The highest BCUT2D eigenvalue weighted by Crippen LogP contribution is 2.40. The van der Waals surface area contributed by atoms with Crippen molar-refractivity contribution in [1.82, 2.24) is 0 Å². The number of halogens is 6. The zero-order valence-electron chi connectivity index (χ0n) is 18.6. The standard InChI is InChI=1S/C23H15F6NO6S/c1-35-18-10-12(9-14(21(32)23(27,28)29)20(31)19-3-2-8-37-19)4-6-17(18)36-16-7-5-13(22(24,25)26)11-15(16)30(33)34/h2,4-11,19H,3H2,1H3/b14-9-. The second-order valence-electron chi connectivity index (χ2n) is 7.43. The van der Waals surface area contributed by atoms with Crippen LogP contribution in [-0.2, 0) is 15.8 Å². The average Bonchev–Trinajstić information content (AvgIpc) is 3.36. The molecule has 1 atom stereocenters. The zero-order chi connectivity index (χ0) is 27.5. The van der Waals surface area contributed by atoms with Crippen LogP contribution in [0.4, 0.5) is 32.0 Å². The lowest BCUT2D eigenvalue weighted by molar-refractivity contribution is -0.385. The van der Waals surface area contributed by atoms with Gasteiger partial charge in [0.15, 0.2) is 17.3 Å². The normalized spacial score (nSPS) is 16.0. The maximum atomic E-state index is 13.2. The number of nitrogens with zero attached hydrogens (tertiary/aromatic N) is 1. The number of allylic oxidation sites excluding steroid dienone is 2. The van der Waals surface area contributed by atoms with Crippen LogP contribution < -0.4 is 9.47 Å². The molecule has 7 nitrogen and oxygen atoms in total. The fourth-order valence-electron chi connectivity index (χ4n) is 3.19. The lowest BCUT2D eigenvalue weighted by atomic mass is 9.99. The van der Waals surface area contributed by atoms with E-state index in [-0.39, 0.29) is 29.5 Å². The number of Topliss-reactive ketones (excluding diaryl/α,β-unsaturated/α-hetero) is 2. The molecule has 0 saturated carbocycles. The molecular weight excluding hydrogens is 532 g/mol. The van der Waals surface area contributed by atoms with Crippen LogP contribution in [0, 0.1) is 10.1 Å². The Hall–Kier alpha value is -3.81. The molecule has 0 N–H and O–H groups in total. The molecule has 1 heterocycles. The van der Waals surface area contributed by atoms with E-state index in [0.717, 1.165) is 49.2 Å². The van der Waals surface area contributed by atoms with E-state index in [0.29, 0.717) is 6.07 Å². The lowest BCUT2D eigenvalue weighted by Crippen LogP contribution is -2.31. The molecule has 0 bridgehead atoms. The van der Waals surface area contributed by atoms with E-state index in [1.54, 1.807) is 6.08 Å². The summed E-state index contributed by atoms with van der Waals surface area (Å²) in [4.78, 5) is 34.9. The number of ketones is 2. The molecule has 1 aliphatic rings. The SMILES string of the molecule is COc1cc(/C=C(/C(=O)C2CC=CS2)C(=O)C(F)(F)F)ccc1Oc1ccc(C(F)(F)F)cc1[N+](=O)[O-]. The fraction of sp³-hybridized carbons (Fsp3) is 0.217. The van der Waals surface area contributed by atoms with Gasteiger partial charge in [-0.05, 0) is 47.7 Å². The summed E-state index contributed by atoms with van der Waals surface area (Å²) in [7, 11) is 1.13. The van der Waals surface area contributed by atoms with Crippen molar-refractivity contribution in [2.75, 3.05) is 7.11 Å². The highest BCUT2D eigenvalue weighted by atomic mass is 32.2. The number of thioether (sulfide) groups is 1. The molecule has 0 saturated heterocycles. The molecule has 14 heteroatoms. The molecule has 1 unspecified atom stereocenters. The van der Waals surface area contributed by atoms with E-state index in [2.05, 4.69) is 0 Å². The number of benzene rings is 2. The summed E-state index contributed by atoms with van der Waals surface area (Å²) in [5, 5.41) is 11.9. The van der Waals surface area contributed by atoms with E-state index in [1.165, 1.54) is 5.41 Å². The van der Waals surface area contributed by atoms with Gasteiger partial charge in [0, 0.05) is 6.07 Å². The molecule has 3 rings (SSSR count). The van der Waals surface area contributed by atoms with Gasteiger partial charge < -0.3 is 9.47 Å². The van der Waals surface area contributed by atoms with Gasteiger partial charge in [-0.2, -0.15) is 26.3 Å². The largest absolute Gasteiger partial charge is 0.493 e. The summed E-state index contributed by atoms with van der Waals surface area (Å²) in [6, 6.07) is 4.95. The van der Waals surface area contributed by atoms with Gasteiger partial charge in [-0.25, -0.2) is 0 Å². The number of alkyl halides is 6. The third-order valence-corrected chi connectivity index (χ3v) is 6.04. The first-order valence-electron chi connectivity index (χ1n) is 10.1. The van der Waals surface area contributed by atoms with Gasteiger partial charge >= 0.3 is 18.0 Å². The molecule has 0 radical (unpaired) electrons. The molecule has 0 amide bonds. The Labute approximate surface area is 208 Å². The van der Waals surface area contributed by atoms with Crippen molar-refractivity contribution in [2.24, 2.45) is 0 Å². The summed E-state index contributed by atoms with van der Waals surface area (Å²) >= 11 is 0.974. The van der Waals surface area contributed by atoms with Crippen LogP contribution in [0.1, 0.15) is 17.5 Å². The second-order valence-corrected chi connectivity index (χ2v) is 8.54. The third-order valence-electron chi connectivity index (χ3n) is 4.95. The summed E-state index contributed by atoms with van der Waals surface area (Å²) in [5.74, 6) is -4.32. The van der Waals surface area contributed by atoms with Crippen molar-refractivity contribution in [3.05, 3.63) is 74.7 Å². The Morgan fingerprint density at radius 2 is 1.73 bits per heavy atom. The predicted molar refractivity (Wildman–Crippen MR) is 120 cm³/mol. The predicted octanol–water partition coefficient (Wildman–Crippen LogP) is 6.52. The van der Waals surface area contributed by atoms with Crippen molar-refractivity contribution >= 4 is 35.1 Å². The van der Waals surface area contributed by atoms with Crippen LogP contribution in [0.3, 0.4) is 0 Å². The first-order valence-corrected chi connectivity index (χ1v) is 11.1. The summed E-state index contributed by atoms with van der Waals surface area (Å²) in [6.45, 7) is 0. The maximum Gasteiger partial charge on any atom is 0.455 e. The van der Waals surface area contributed by atoms with Crippen molar-refractivity contribution < 1.29 is 50.3 Å². The monoisotopic (exact) mass is 547 g/mol. The number of methoxy groups -OCH3 is 1. The van der Waals surface area contributed by atoms with Crippen LogP contribution in [0.5, 0.6) is 17.2 Å². The van der Waals surface area contributed by atoms with E-state index >= 15 is 0 Å². The number of rotatable bonds is 8. The number of hydrogen-bond donors (Lipinski definition) is 0. The molecule has 0 aromatic heterocycles. The summed E-state index contributed by atoms with van der Waals surface area (Å²) in [6.07, 6.45) is -7.69. The summed E-state index contributed by atoms with van der Waals surface area (Å²) in [5.41, 5.74) is -3.43. The Bertz CT molecular complexity index is 1290. The minimum atomic E-state index is -5.31. The number of carbonyl (C=O) groups is 2. The van der Waals surface area contributed by atoms with Gasteiger partial charge in [-0.3, -0.25) is 19.7 Å². The Morgan fingerprint density at radius 3 is 2.27 bits per heavy atom. The first-order chi connectivity index (χ1) is 17.2. The minimum Gasteiger partial charge on any atom is -0.493 e. The van der Waals surface area contributed by atoms with Gasteiger partial charge in [-0.1, -0.05) is 12.1 Å². The van der Waals surface area contributed by atoms with Crippen molar-refractivity contribution in [3.8, 4) is 17.2 Å². The number of carbonyl (C=O) groups excluding carboxylic acids is 2. The highest BCUT2D eigenvalue weighted by Gasteiger charge is 2.44. The molecule has 0 fully saturated rings. The third kappa shape index (κ3) is 6.50. The Morgan fingerprint density at radius 1 is 1.05 bits per heavy atom. The first kappa shape index (κ1) is 27.8. The number of nitro groups is 1.